The first-order chi connectivity index (χ1) is 17.6. The molecule has 0 spiro atoms. The molecular weight excluding hydrogens is 496 g/mol. The van der Waals surface area contributed by atoms with E-state index in [0.717, 1.165) is 0 Å². The lowest BCUT2D eigenvalue weighted by Crippen LogP contribution is -2.47. The van der Waals surface area contributed by atoms with E-state index in [1.165, 1.54) is 19.2 Å². The van der Waals surface area contributed by atoms with Crippen LogP contribution >= 0.6 is 0 Å². The fourth-order valence-electron chi connectivity index (χ4n) is 3.10. The third kappa shape index (κ3) is 14.9. The summed E-state index contributed by atoms with van der Waals surface area (Å²) in [5.74, 6) is -0.404. The van der Waals surface area contributed by atoms with Crippen LogP contribution in [0.15, 0.2) is 24.3 Å². The number of carbonyl (C=O) groups is 4. The van der Waals surface area contributed by atoms with Crippen molar-refractivity contribution in [2.45, 2.75) is 78.2 Å². The van der Waals surface area contributed by atoms with E-state index in [1.54, 1.807) is 53.7 Å². The highest BCUT2D eigenvalue weighted by atomic mass is 16.6. The van der Waals surface area contributed by atoms with Gasteiger partial charge in [-0.25, -0.2) is 14.6 Å². The molecule has 0 unspecified atom stereocenters. The SMILES string of the molecule is COc1ccccc1COC(=O)CN(C)NC(=O)C[C@H](CCNC(=O)OC(C)(C)C)NC(=O)OC(C)(C)C. The fraction of sp³-hybridized carbons (Fsp3) is 0.615. The van der Waals surface area contributed by atoms with Crippen molar-refractivity contribution >= 4 is 24.1 Å². The van der Waals surface area contributed by atoms with E-state index in [0.29, 0.717) is 11.3 Å². The fourth-order valence-corrected chi connectivity index (χ4v) is 3.10. The van der Waals surface area contributed by atoms with Crippen LogP contribution in [0.3, 0.4) is 0 Å². The molecule has 0 aliphatic heterocycles. The number of alkyl carbamates (subject to hydrolysis) is 2. The lowest BCUT2D eigenvalue weighted by Gasteiger charge is -2.25. The highest BCUT2D eigenvalue weighted by molar-refractivity contribution is 5.78. The topological polar surface area (TPSA) is 145 Å². The minimum Gasteiger partial charge on any atom is -0.496 e. The van der Waals surface area contributed by atoms with E-state index in [4.69, 9.17) is 18.9 Å². The second-order valence-corrected chi connectivity index (χ2v) is 10.6. The zero-order valence-corrected chi connectivity index (χ0v) is 23.6. The molecule has 0 aliphatic carbocycles. The molecule has 0 aliphatic rings. The number of amides is 3. The number of hydrogen-bond donors (Lipinski definition) is 3. The monoisotopic (exact) mass is 538 g/mol. The van der Waals surface area contributed by atoms with E-state index in [1.807, 2.05) is 12.1 Å². The maximum absolute atomic E-state index is 12.6. The Morgan fingerprint density at radius 1 is 0.947 bits per heavy atom. The largest absolute Gasteiger partial charge is 0.496 e. The van der Waals surface area contributed by atoms with E-state index in [2.05, 4.69) is 16.1 Å². The number of ether oxygens (including phenoxy) is 4. The molecule has 0 bridgehead atoms. The van der Waals surface area contributed by atoms with Gasteiger partial charge in [-0.3, -0.25) is 15.0 Å². The van der Waals surface area contributed by atoms with Crippen molar-refractivity contribution in [2.75, 3.05) is 27.2 Å². The number of hydrogen-bond acceptors (Lipinski definition) is 9. The summed E-state index contributed by atoms with van der Waals surface area (Å²) in [5.41, 5.74) is 1.91. The molecular formula is C26H42N4O8. The Hall–Kier alpha value is -3.54. The van der Waals surface area contributed by atoms with Crippen LogP contribution in [0, 0.1) is 0 Å². The van der Waals surface area contributed by atoms with E-state index < -0.39 is 41.3 Å². The van der Waals surface area contributed by atoms with Gasteiger partial charge in [0, 0.05) is 31.6 Å². The zero-order chi connectivity index (χ0) is 28.9. The molecule has 1 atom stereocenters. The minimum absolute atomic E-state index is 0.0250. The van der Waals surface area contributed by atoms with Crippen LogP contribution in [0.4, 0.5) is 9.59 Å². The second-order valence-electron chi connectivity index (χ2n) is 10.6. The molecule has 0 saturated carbocycles. The minimum atomic E-state index is -0.726. The van der Waals surface area contributed by atoms with Gasteiger partial charge in [-0.15, -0.1) is 0 Å². The van der Waals surface area contributed by atoms with Crippen LogP contribution in [0.25, 0.3) is 0 Å². The number of benzene rings is 1. The molecule has 0 radical (unpaired) electrons. The van der Waals surface area contributed by atoms with Gasteiger partial charge in [-0.05, 0) is 54.0 Å². The molecule has 12 nitrogen and oxygen atoms in total. The number of nitrogens with zero attached hydrogens (tertiary/aromatic N) is 1. The molecule has 1 aromatic rings. The van der Waals surface area contributed by atoms with Crippen LogP contribution in [0.2, 0.25) is 0 Å². The average molecular weight is 539 g/mol. The number of rotatable bonds is 12. The van der Waals surface area contributed by atoms with Gasteiger partial charge in [-0.2, -0.15) is 0 Å². The number of hydrazine groups is 1. The Morgan fingerprint density at radius 2 is 1.55 bits per heavy atom. The van der Waals surface area contributed by atoms with Crippen molar-refractivity contribution < 1.29 is 38.1 Å². The van der Waals surface area contributed by atoms with Gasteiger partial charge in [0.05, 0.1) is 7.11 Å². The molecule has 0 saturated heterocycles. The van der Waals surface area contributed by atoms with Gasteiger partial charge in [0.2, 0.25) is 5.91 Å². The molecule has 0 fully saturated rings. The number of nitrogens with one attached hydrogen (secondary N) is 3. The van der Waals surface area contributed by atoms with Crippen molar-refractivity contribution in [2.24, 2.45) is 0 Å². The van der Waals surface area contributed by atoms with E-state index in [9.17, 15) is 19.2 Å². The number of para-hydroxylation sites is 1. The summed E-state index contributed by atoms with van der Waals surface area (Å²) in [7, 11) is 3.05. The number of esters is 1. The smallest absolute Gasteiger partial charge is 0.407 e. The summed E-state index contributed by atoms with van der Waals surface area (Å²) in [6, 6.07) is 6.51. The Kier molecular flexibility index (Phi) is 12.8. The highest BCUT2D eigenvalue weighted by Gasteiger charge is 2.23. The third-order valence-corrected chi connectivity index (χ3v) is 4.58. The first-order valence-corrected chi connectivity index (χ1v) is 12.3. The van der Waals surface area contributed by atoms with Crippen molar-refractivity contribution in [1.82, 2.24) is 21.1 Å². The molecule has 38 heavy (non-hydrogen) atoms. The molecule has 214 valence electrons. The molecule has 12 heteroatoms. The standard InChI is InChI=1S/C26H42N4O8/c1-25(2,3)37-23(33)27-14-13-19(28-24(34)38-26(4,5)6)15-21(31)29-30(7)16-22(32)36-17-18-11-9-10-12-20(18)35-8/h9-12,19H,13-17H2,1-8H3,(H,27,33)(H,28,34)(H,29,31)/t19-/m0/s1. The van der Waals surface area contributed by atoms with Crippen molar-refractivity contribution in [3.63, 3.8) is 0 Å². The summed E-state index contributed by atoms with van der Waals surface area (Å²) < 4.78 is 21.0. The molecule has 3 amide bonds. The number of carbonyl (C=O) groups excluding carboxylic acids is 4. The Balaban J connectivity index is 2.61. The van der Waals surface area contributed by atoms with Gasteiger partial charge < -0.3 is 29.6 Å². The van der Waals surface area contributed by atoms with Gasteiger partial charge in [-0.1, -0.05) is 18.2 Å². The van der Waals surface area contributed by atoms with E-state index in [-0.39, 0.29) is 32.5 Å². The van der Waals surface area contributed by atoms with Crippen LogP contribution in [-0.4, -0.2) is 73.6 Å². The van der Waals surface area contributed by atoms with Gasteiger partial charge in [0.15, 0.2) is 0 Å². The summed E-state index contributed by atoms with van der Waals surface area (Å²) >= 11 is 0. The summed E-state index contributed by atoms with van der Waals surface area (Å²) in [6.45, 7) is 10.4. The molecule has 0 aromatic heterocycles. The first-order valence-electron chi connectivity index (χ1n) is 12.3. The van der Waals surface area contributed by atoms with Gasteiger partial charge >= 0.3 is 18.2 Å². The lowest BCUT2D eigenvalue weighted by molar-refractivity contribution is -0.147. The summed E-state index contributed by atoms with van der Waals surface area (Å²) in [6.07, 6.45) is -1.20. The predicted octanol–water partition coefficient (Wildman–Crippen LogP) is 2.90. The molecule has 3 N–H and O–H groups in total. The van der Waals surface area contributed by atoms with Crippen LogP contribution in [-0.2, 0) is 30.4 Å². The van der Waals surface area contributed by atoms with E-state index >= 15 is 0 Å². The second kappa shape index (κ2) is 15.0. The van der Waals surface area contributed by atoms with Gasteiger partial charge in [0.25, 0.3) is 0 Å². The maximum Gasteiger partial charge on any atom is 0.407 e. The normalized spacial score (nSPS) is 12.2. The van der Waals surface area contributed by atoms with Crippen molar-refractivity contribution in [3.8, 4) is 5.75 Å². The van der Waals surface area contributed by atoms with Crippen LogP contribution in [0.5, 0.6) is 5.75 Å². The zero-order valence-electron chi connectivity index (χ0n) is 23.6. The predicted molar refractivity (Wildman–Crippen MR) is 140 cm³/mol. The highest BCUT2D eigenvalue weighted by Crippen LogP contribution is 2.18. The third-order valence-electron chi connectivity index (χ3n) is 4.58. The van der Waals surface area contributed by atoms with Crippen molar-refractivity contribution in [3.05, 3.63) is 29.8 Å². The molecule has 1 aromatic carbocycles. The van der Waals surface area contributed by atoms with Crippen molar-refractivity contribution in [1.29, 1.82) is 0 Å². The van der Waals surface area contributed by atoms with Crippen LogP contribution in [0.1, 0.15) is 59.9 Å². The Morgan fingerprint density at radius 3 is 2.16 bits per heavy atom. The van der Waals surface area contributed by atoms with Crippen LogP contribution < -0.4 is 20.8 Å². The lowest BCUT2D eigenvalue weighted by atomic mass is 10.1. The molecule has 0 heterocycles. The molecule has 1 rings (SSSR count). The Labute approximate surface area is 224 Å². The quantitative estimate of drug-likeness (QED) is 0.208. The summed E-state index contributed by atoms with van der Waals surface area (Å²) in [5, 5.41) is 6.54. The summed E-state index contributed by atoms with van der Waals surface area (Å²) in [4.78, 5) is 49.1. The van der Waals surface area contributed by atoms with Gasteiger partial charge in [0.1, 0.15) is 30.1 Å². The maximum atomic E-state index is 12.6. The average Bonchev–Trinajstić information content (AvgIpc) is 2.74. The number of likely N-dealkylation sites (N-methyl/N-ethyl adjacent to an activating group) is 1. The first kappa shape index (κ1) is 32.5. The number of methoxy groups -OCH3 is 1. The Bertz CT molecular complexity index is 940.